The maximum atomic E-state index is 13.0. The first-order valence-electron chi connectivity index (χ1n) is 8.67. The van der Waals surface area contributed by atoms with Gasteiger partial charge in [0.15, 0.2) is 5.69 Å². The van der Waals surface area contributed by atoms with E-state index in [1.807, 2.05) is 13.8 Å². The van der Waals surface area contributed by atoms with Crippen LogP contribution >= 0.6 is 0 Å². The molecule has 0 aliphatic rings. The maximum absolute atomic E-state index is 13.0. The van der Waals surface area contributed by atoms with Gasteiger partial charge in [-0.2, -0.15) is 5.10 Å². The summed E-state index contributed by atoms with van der Waals surface area (Å²) in [5.41, 5.74) is 2.02. The topological polar surface area (TPSA) is 94.2 Å². The van der Waals surface area contributed by atoms with Crippen molar-refractivity contribution in [3.8, 4) is 0 Å². The van der Waals surface area contributed by atoms with E-state index in [0.29, 0.717) is 22.0 Å². The van der Waals surface area contributed by atoms with Gasteiger partial charge in [0, 0.05) is 29.6 Å². The summed E-state index contributed by atoms with van der Waals surface area (Å²) in [5.74, 6) is -0.427. The molecule has 2 aromatic carbocycles. The molecule has 0 unspecified atom stereocenters. The number of benzene rings is 2. The fourth-order valence-corrected chi connectivity index (χ4v) is 3.25. The second-order valence-electron chi connectivity index (χ2n) is 6.69. The second kappa shape index (κ2) is 6.45. The lowest BCUT2D eigenvalue weighted by molar-refractivity contribution is 0.102. The molecular weight excluding hydrogens is 358 g/mol. The molecule has 28 heavy (non-hydrogen) atoms. The molecular formula is C21H17N3O4. The Kier molecular flexibility index (Phi) is 4.07. The summed E-state index contributed by atoms with van der Waals surface area (Å²) in [6, 6.07) is 11.8. The van der Waals surface area contributed by atoms with Crippen LogP contribution in [0.25, 0.3) is 21.7 Å². The number of carbonyl (C=O) groups is 1. The summed E-state index contributed by atoms with van der Waals surface area (Å²) in [7, 11) is 1.51. The molecule has 1 N–H and O–H groups in total. The second-order valence-corrected chi connectivity index (χ2v) is 6.69. The predicted molar refractivity (Wildman–Crippen MR) is 107 cm³/mol. The van der Waals surface area contributed by atoms with Gasteiger partial charge in [-0.3, -0.25) is 9.59 Å². The van der Waals surface area contributed by atoms with Gasteiger partial charge in [-0.25, -0.2) is 9.48 Å². The van der Waals surface area contributed by atoms with E-state index in [1.165, 1.54) is 13.1 Å². The largest absolute Gasteiger partial charge is 0.423 e. The molecule has 0 aliphatic heterocycles. The molecule has 0 radical (unpaired) electrons. The number of fused-ring (bicyclic) bond motifs is 2. The standard InChI is InChI=1S/C21H17N3O4/c1-11-9-18(25)28-17-8-12(2)16(10-15(11)17)22-20(26)19-13-6-4-5-7-14(13)21(27)24(3)23-19/h4-10H,1-3H3,(H,22,26). The van der Waals surface area contributed by atoms with Crippen LogP contribution in [-0.4, -0.2) is 15.7 Å². The Hall–Kier alpha value is -3.74. The van der Waals surface area contributed by atoms with Crippen molar-refractivity contribution < 1.29 is 9.21 Å². The summed E-state index contributed by atoms with van der Waals surface area (Å²) < 4.78 is 6.39. The Morgan fingerprint density at radius 1 is 1.00 bits per heavy atom. The van der Waals surface area contributed by atoms with Crippen molar-refractivity contribution in [1.29, 1.82) is 0 Å². The van der Waals surface area contributed by atoms with E-state index in [4.69, 9.17) is 4.42 Å². The lowest BCUT2D eigenvalue weighted by Gasteiger charge is -2.12. The van der Waals surface area contributed by atoms with Crippen molar-refractivity contribution in [2.24, 2.45) is 7.05 Å². The summed E-state index contributed by atoms with van der Waals surface area (Å²) >= 11 is 0. The first-order valence-corrected chi connectivity index (χ1v) is 8.67. The first-order chi connectivity index (χ1) is 13.3. The molecule has 4 aromatic rings. The number of hydrogen-bond donors (Lipinski definition) is 1. The van der Waals surface area contributed by atoms with E-state index >= 15 is 0 Å². The SMILES string of the molecule is Cc1cc2oc(=O)cc(C)c2cc1NC(=O)c1nn(C)c(=O)c2ccccc12. The highest BCUT2D eigenvalue weighted by Crippen LogP contribution is 2.26. The number of nitrogens with one attached hydrogen (secondary N) is 1. The summed E-state index contributed by atoms with van der Waals surface area (Å²) in [5, 5.41) is 8.67. The number of aromatic nitrogens is 2. The third kappa shape index (κ3) is 2.87. The third-order valence-corrected chi connectivity index (χ3v) is 4.72. The van der Waals surface area contributed by atoms with Crippen LogP contribution in [0.15, 0.2) is 56.5 Å². The molecule has 0 saturated carbocycles. The fourth-order valence-electron chi connectivity index (χ4n) is 3.25. The van der Waals surface area contributed by atoms with E-state index in [-0.39, 0.29) is 11.3 Å². The Morgan fingerprint density at radius 2 is 1.71 bits per heavy atom. The van der Waals surface area contributed by atoms with Crippen molar-refractivity contribution in [1.82, 2.24) is 9.78 Å². The highest BCUT2D eigenvalue weighted by molar-refractivity contribution is 6.11. The molecule has 0 fully saturated rings. The van der Waals surface area contributed by atoms with Gasteiger partial charge in [0.05, 0.1) is 5.39 Å². The van der Waals surface area contributed by atoms with Gasteiger partial charge in [0.2, 0.25) is 0 Å². The molecule has 7 nitrogen and oxygen atoms in total. The molecule has 2 heterocycles. The van der Waals surface area contributed by atoms with E-state index in [9.17, 15) is 14.4 Å². The van der Waals surface area contributed by atoms with Crippen LogP contribution in [0.1, 0.15) is 21.6 Å². The summed E-state index contributed by atoms with van der Waals surface area (Å²) in [6.45, 7) is 3.62. The van der Waals surface area contributed by atoms with Gasteiger partial charge in [0.25, 0.3) is 11.5 Å². The fraction of sp³-hybridized carbons (Fsp3) is 0.143. The average Bonchev–Trinajstić information content (AvgIpc) is 2.65. The van der Waals surface area contributed by atoms with Gasteiger partial charge >= 0.3 is 5.63 Å². The molecule has 2 aromatic heterocycles. The number of nitrogens with zero attached hydrogens (tertiary/aromatic N) is 2. The molecule has 1 amide bonds. The minimum atomic E-state index is -0.427. The molecule has 7 heteroatoms. The molecule has 4 rings (SSSR count). The van der Waals surface area contributed by atoms with E-state index in [1.54, 1.807) is 36.4 Å². The number of hydrogen-bond acceptors (Lipinski definition) is 5. The quantitative estimate of drug-likeness (QED) is 0.544. The molecule has 140 valence electrons. The predicted octanol–water partition coefficient (Wildman–Crippen LogP) is 2.91. The summed E-state index contributed by atoms with van der Waals surface area (Å²) in [4.78, 5) is 36.8. The van der Waals surface area contributed by atoms with Crippen LogP contribution in [0.3, 0.4) is 0 Å². The van der Waals surface area contributed by atoms with Crippen molar-refractivity contribution >= 4 is 33.3 Å². The lowest BCUT2D eigenvalue weighted by atomic mass is 10.1. The first kappa shape index (κ1) is 17.7. The Labute approximate surface area is 159 Å². The van der Waals surface area contributed by atoms with Gasteiger partial charge in [-0.1, -0.05) is 18.2 Å². The molecule has 0 aliphatic carbocycles. The smallest absolute Gasteiger partial charge is 0.336 e. The van der Waals surface area contributed by atoms with E-state index in [0.717, 1.165) is 21.2 Å². The van der Waals surface area contributed by atoms with Gasteiger partial charge in [0.1, 0.15) is 5.58 Å². The van der Waals surface area contributed by atoms with Crippen molar-refractivity contribution in [2.75, 3.05) is 5.32 Å². The Balaban J connectivity index is 1.82. The number of aryl methyl sites for hydroxylation is 3. The average molecular weight is 375 g/mol. The molecule has 0 bridgehead atoms. The normalized spacial score (nSPS) is 11.1. The zero-order valence-corrected chi connectivity index (χ0v) is 15.6. The monoisotopic (exact) mass is 375 g/mol. The highest BCUT2D eigenvalue weighted by Gasteiger charge is 2.17. The number of carbonyl (C=O) groups excluding carboxylic acids is 1. The van der Waals surface area contributed by atoms with Crippen molar-refractivity contribution in [3.63, 3.8) is 0 Å². The minimum absolute atomic E-state index is 0.161. The number of amides is 1. The van der Waals surface area contributed by atoms with Crippen LogP contribution in [-0.2, 0) is 7.05 Å². The van der Waals surface area contributed by atoms with Crippen molar-refractivity contribution in [3.05, 3.63) is 80.1 Å². The zero-order chi connectivity index (χ0) is 20.0. The van der Waals surface area contributed by atoms with Crippen LogP contribution < -0.4 is 16.5 Å². The van der Waals surface area contributed by atoms with E-state index in [2.05, 4.69) is 10.4 Å². The van der Waals surface area contributed by atoms with Crippen LogP contribution in [0.2, 0.25) is 0 Å². The zero-order valence-electron chi connectivity index (χ0n) is 15.6. The Morgan fingerprint density at radius 3 is 2.46 bits per heavy atom. The maximum Gasteiger partial charge on any atom is 0.336 e. The van der Waals surface area contributed by atoms with Gasteiger partial charge < -0.3 is 9.73 Å². The summed E-state index contributed by atoms with van der Waals surface area (Å²) in [6.07, 6.45) is 0. The third-order valence-electron chi connectivity index (χ3n) is 4.72. The lowest BCUT2D eigenvalue weighted by Crippen LogP contribution is -2.25. The van der Waals surface area contributed by atoms with E-state index < -0.39 is 11.5 Å². The van der Waals surface area contributed by atoms with Crippen LogP contribution in [0.5, 0.6) is 0 Å². The number of anilines is 1. The van der Waals surface area contributed by atoms with Crippen LogP contribution in [0.4, 0.5) is 5.69 Å². The molecule has 0 spiro atoms. The van der Waals surface area contributed by atoms with Gasteiger partial charge in [-0.05, 0) is 43.2 Å². The minimum Gasteiger partial charge on any atom is -0.423 e. The Bertz CT molecular complexity index is 1380. The van der Waals surface area contributed by atoms with Crippen LogP contribution in [0, 0.1) is 13.8 Å². The highest BCUT2D eigenvalue weighted by atomic mass is 16.4. The molecule has 0 atom stereocenters. The molecule has 0 saturated heterocycles. The van der Waals surface area contributed by atoms with Crippen molar-refractivity contribution in [2.45, 2.75) is 13.8 Å². The van der Waals surface area contributed by atoms with Gasteiger partial charge in [-0.15, -0.1) is 0 Å². The number of rotatable bonds is 2.